The topological polar surface area (TPSA) is 20.0 Å². The molecule has 0 atom stereocenters. The fourth-order valence-electron chi connectivity index (χ4n) is 1.59. The molecule has 108 valence electrons. The van der Waals surface area contributed by atoms with Crippen molar-refractivity contribution in [2.45, 2.75) is 6.18 Å². The maximum absolute atomic E-state index is 12.6. The maximum atomic E-state index is 12.6. The van der Waals surface area contributed by atoms with Gasteiger partial charge >= 0.3 is 12.0 Å². The van der Waals surface area contributed by atoms with Gasteiger partial charge in [0, 0.05) is 38.0 Å². The van der Waals surface area contributed by atoms with Crippen molar-refractivity contribution in [3.05, 3.63) is 48.4 Å². The van der Waals surface area contributed by atoms with Crippen LogP contribution in [-0.2, 0) is 6.18 Å². The van der Waals surface area contributed by atoms with E-state index in [9.17, 15) is 13.2 Å². The summed E-state index contributed by atoms with van der Waals surface area (Å²) in [6.45, 7) is 0. The van der Waals surface area contributed by atoms with E-state index in [1.165, 1.54) is 12.1 Å². The van der Waals surface area contributed by atoms with E-state index in [1.54, 1.807) is 17.0 Å². The Balaban J connectivity index is 0.00000200. The molecule has 2 rings (SSSR count). The van der Waals surface area contributed by atoms with Gasteiger partial charge in [-0.15, -0.1) is 0 Å². The van der Waals surface area contributed by atoms with Crippen molar-refractivity contribution in [1.82, 2.24) is 4.98 Å². The first-order valence-corrected chi connectivity index (χ1v) is 5.61. The zero-order chi connectivity index (χ0) is 14.0. The van der Waals surface area contributed by atoms with E-state index < -0.39 is 11.9 Å². The Bertz CT molecular complexity index is 565. The van der Waals surface area contributed by atoms with Gasteiger partial charge in [0.15, 0.2) is 0 Å². The Morgan fingerprint density at radius 3 is 2.15 bits per heavy atom. The van der Waals surface area contributed by atoms with Crippen LogP contribution in [0, 0.1) is 0 Å². The van der Waals surface area contributed by atoms with Gasteiger partial charge in [0.05, 0.1) is 12.4 Å². The molecule has 0 aromatic carbocycles. The molecule has 0 saturated heterocycles. The molecule has 7 heteroatoms. The molecule has 0 unspecified atom stereocenters. The standard InChI is InChI=1S/C13H13F3N3.FH/c1-18(2)10-6-8-19(9-7-10)12-5-3-4-11(17-12)13(14,15)16;/h3-9H,1-2H3;1H/q+1;/p-1. The average molecular weight is 287 g/mol. The summed E-state index contributed by atoms with van der Waals surface area (Å²) in [5.74, 6) is 0.236. The molecule has 0 N–H and O–H groups in total. The highest BCUT2D eigenvalue weighted by atomic mass is 19.4. The van der Waals surface area contributed by atoms with Gasteiger partial charge < -0.3 is 9.60 Å². The molecule has 0 saturated carbocycles. The summed E-state index contributed by atoms with van der Waals surface area (Å²) < 4.78 is 39.3. The highest BCUT2D eigenvalue weighted by molar-refractivity contribution is 5.41. The second kappa shape index (κ2) is 5.85. The molecule has 0 aliphatic heterocycles. The largest absolute Gasteiger partial charge is 1.00 e. The molecule has 0 bridgehead atoms. The smallest absolute Gasteiger partial charge is 0.457 e. The first-order valence-electron chi connectivity index (χ1n) is 5.61. The Hall–Kier alpha value is -2.18. The average Bonchev–Trinajstić information content (AvgIpc) is 2.38. The van der Waals surface area contributed by atoms with Crippen molar-refractivity contribution < 1.29 is 22.4 Å². The van der Waals surface area contributed by atoms with Crippen LogP contribution in [0.25, 0.3) is 5.82 Å². The van der Waals surface area contributed by atoms with Gasteiger partial charge in [-0.25, -0.2) is 4.57 Å². The summed E-state index contributed by atoms with van der Waals surface area (Å²) in [5.41, 5.74) is 0.0670. The molecular weight excluding hydrogens is 274 g/mol. The zero-order valence-electron chi connectivity index (χ0n) is 10.9. The van der Waals surface area contributed by atoms with E-state index >= 15 is 0 Å². The van der Waals surface area contributed by atoms with Crippen LogP contribution in [0.15, 0.2) is 42.7 Å². The van der Waals surface area contributed by atoms with Gasteiger partial charge in [0.25, 0.3) is 5.69 Å². The number of alkyl halides is 3. The van der Waals surface area contributed by atoms with Crippen molar-refractivity contribution in [2.75, 3.05) is 19.0 Å². The number of nitrogens with zero attached hydrogens (tertiary/aromatic N) is 3. The van der Waals surface area contributed by atoms with Crippen LogP contribution < -0.4 is 14.2 Å². The second-order valence-corrected chi connectivity index (χ2v) is 4.24. The van der Waals surface area contributed by atoms with Gasteiger partial charge in [-0.3, -0.25) is 0 Å². The van der Waals surface area contributed by atoms with Gasteiger partial charge in [0.2, 0.25) is 0 Å². The van der Waals surface area contributed by atoms with Crippen molar-refractivity contribution in [2.24, 2.45) is 0 Å². The van der Waals surface area contributed by atoms with Crippen LogP contribution in [0.2, 0.25) is 0 Å². The molecule has 2 aromatic rings. The summed E-state index contributed by atoms with van der Waals surface area (Å²) in [5, 5.41) is 0. The number of pyridine rings is 2. The SMILES string of the molecule is CN(C)c1cc[n+](-c2cccc(C(F)(F)F)n2)cc1.[F-]. The van der Waals surface area contributed by atoms with Crippen LogP contribution in [0.4, 0.5) is 18.9 Å². The lowest BCUT2D eigenvalue weighted by Crippen LogP contribution is -3.00. The van der Waals surface area contributed by atoms with Crippen molar-refractivity contribution in [3.63, 3.8) is 0 Å². The Morgan fingerprint density at radius 2 is 1.65 bits per heavy atom. The Morgan fingerprint density at radius 1 is 1.05 bits per heavy atom. The normalized spacial score (nSPS) is 10.8. The molecule has 0 radical (unpaired) electrons. The molecule has 0 fully saturated rings. The molecule has 0 aliphatic rings. The predicted octanol–water partition coefficient (Wildman–Crippen LogP) is -0.553. The lowest BCUT2D eigenvalue weighted by Gasteiger charge is -2.11. The number of anilines is 1. The predicted molar refractivity (Wildman–Crippen MR) is 65.1 cm³/mol. The third-order valence-electron chi connectivity index (χ3n) is 2.62. The highest BCUT2D eigenvalue weighted by Gasteiger charge is 2.37. The summed E-state index contributed by atoms with van der Waals surface area (Å²) >= 11 is 0. The minimum Gasteiger partial charge on any atom is -1.00 e. The minimum atomic E-state index is -4.43. The molecule has 0 spiro atoms. The minimum absolute atomic E-state index is 0. The monoisotopic (exact) mass is 287 g/mol. The Labute approximate surface area is 113 Å². The van der Waals surface area contributed by atoms with Crippen molar-refractivity contribution in [1.29, 1.82) is 0 Å². The van der Waals surface area contributed by atoms with Crippen LogP contribution >= 0.6 is 0 Å². The number of aromatic nitrogens is 2. The lowest BCUT2D eigenvalue weighted by atomic mass is 10.3. The van der Waals surface area contributed by atoms with Crippen LogP contribution in [0.5, 0.6) is 0 Å². The van der Waals surface area contributed by atoms with E-state index in [-0.39, 0.29) is 10.5 Å². The molecule has 3 nitrogen and oxygen atoms in total. The van der Waals surface area contributed by atoms with Gasteiger partial charge in [-0.05, 0) is 17.1 Å². The lowest BCUT2D eigenvalue weighted by molar-refractivity contribution is -0.599. The van der Waals surface area contributed by atoms with Gasteiger partial charge in [-0.2, -0.15) is 13.2 Å². The zero-order valence-corrected chi connectivity index (χ0v) is 10.9. The highest BCUT2D eigenvalue weighted by Crippen LogP contribution is 2.27. The molecule has 2 heterocycles. The van der Waals surface area contributed by atoms with Crippen LogP contribution in [0.3, 0.4) is 0 Å². The van der Waals surface area contributed by atoms with Crippen LogP contribution in [-0.4, -0.2) is 19.1 Å². The number of rotatable bonds is 2. The fourth-order valence-corrected chi connectivity index (χ4v) is 1.59. The van der Waals surface area contributed by atoms with Gasteiger partial charge in [-0.1, -0.05) is 0 Å². The third-order valence-corrected chi connectivity index (χ3v) is 2.62. The molecule has 20 heavy (non-hydrogen) atoms. The second-order valence-electron chi connectivity index (χ2n) is 4.24. The number of halogens is 4. The fraction of sp³-hybridized carbons (Fsp3) is 0.231. The van der Waals surface area contributed by atoms with Crippen molar-refractivity contribution in [3.8, 4) is 5.82 Å². The number of hydrogen-bond acceptors (Lipinski definition) is 2. The number of hydrogen-bond donors (Lipinski definition) is 0. The maximum Gasteiger partial charge on any atom is 0.457 e. The van der Waals surface area contributed by atoms with E-state index in [1.807, 2.05) is 31.1 Å². The summed E-state index contributed by atoms with van der Waals surface area (Å²) in [6, 6.07) is 7.45. The van der Waals surface area contributed by atoms with Gasteiger partial charge in [0.1, 0.15) is 0 Å². The Kier molecular flexibility index (Phi) is 4.65. The van der Waals surface area contributed by atoms with E-state index in [0.29, 0.717) is 0 Å². The molecular formula is C13H13F4N3. The first-order chi connectivity index (χ1) is 8.88. The third kappa shape index (κ3) is 3.43. The van der Waals surface area contributed by atoms with E-state index in [4.69, 9.17) is 0 Å². The quantitative estimate of drug-likeness (QED) is 0.545. The summed E-state index contributed by atoms with van der Waals surface area (Å²) in [4.78, 5) is 5.52. The van der Waals surface area contributed by atoms with E-state index in [0.717, 1.165) is 11.8 Å². The summed E-state index contributed by atoms with van der Waals surface area (Å²) in [6.07, 6.45) is -1.07. The molecule has 2 aromatic heterocycles. The summed E-state index contributed by atoms with van der Waals surface area (Å²) in [7, 11) is 3.78. The van der Waals surface area contributed by atoms with E-state index in [2.05, 4.69) is 4.98 Å². The first kappa shape index (κ1) is 15.9. The van der Waals surface area contributed by atoms with Crippen LogP contribution in [0.1, 0.15) is 5.69 Å². The molecule has 0 aliphatic carbocycles. The van der Waals surface area contributed by atoms with Crippen molar-refractivity contribution >= 4 is 5.69 Å². The molecule has 0 amide bonds.